The second-order valence-corrected chi connectivity index (χ2v) is 7.46. The van der Waals surface area contributed by atoms with E-state index in [0.717, 1.165) is 38.4 Å². The summed E-state index contributed by atoms with van der Waals surface area (Å²) in [7, 11) is 0. The van der Waals surface area contributed by atoms with Gasteiger partial charge in [0.2, 0.25) is 0 Å². The van der Waals surface area contributed by atoms with Crippen LogP contribution >= 0.6 is 35.3 Å². The van der Waals surface area contributed by atoms with Crippen LogP contribution < -0.4 is 15.5 Å². The van der Waals surface area contributed by atoms with Crippen molar-refractivity contribution in [1.82, 2.24) is 10.6 Å². The second kappa shape index (κ2) is 10.8. The van der Waals surface area contributed by atoms with Gasteiger partial charge in [-0.3, -0.25) is 0 Å². The van der Waals surface area contributed by atoms with Gasteiger partial charge in [-0.05, 0) is 49.8 Å². The predicted octanol–water partition coefficient (Wildman–Crippen LogP) is 4.40. The molecule has 26 heavy (non-hydrogen) atoms. The summed E-state index contributed by atoms with van der Waals surface area (Å²) in [6.07, 6.45) is 2.29. The highest BCUT2D eigenvalue weighted by atomic mass is 127. The number of rotatable bonds is 5. The number of aliphatic imine (C=N–C) groups is 1. The van der Waals surface area contributed by atoms with Crippen LogP contribution in [0.3, 0.4) is 0 Å². The molecule has 0 atom stereocenters. The molecule has 0 aliphatic carbocycles. The summed E-state index contributed by atoms with van der Waals surface area (Å²) < 4.78 is 0. The summed E-state index contributed by atoms with van der Waals surface area (Å²) in [6.45, 7) is 8.03. The summed E-state index contributed by atoms with van der Waals surface area (Å²) in [5.41, 5.74) is 2.53. The van der Waals surface area contributed by atoms with E-state index in [0.29, 0.717) is 12.6 Å². The van der Waals surface area contributed by atoms with Crippen LogP contribution in [0.1, 0.15) is 30.9 Å². The zero-order valence-corrected chi connectivity index (χ0v) is 18.7. The predicted molar refractivity (Wildman–Crippen MR) is 124 cm³/mol. The van der Waals surface area contributed by atoms with Crippen molar-refractivity contribution in [3.05, 3.63) is 52.9 Å². The first-order valence-corrected chi connectivity index (χ1v) is 10.0. The van der Waals surface area contributed by atoms with Crippen molar-refractivity contribution in [2.45, 2.75) is 39.3 Å². The fourth-order valence-corrected chi connectivity index (χ4v) is 3.86. The molecule has 2 heterocycles. The molecule has 2 N–H and O–H groups in total. The van der Waals surface area contributed by atoms with Crippen LogP contribution in [0.2, 0.25) is 0 Å². The maximum absolute atomic E-state index is 4.76. The summed E-state index contributed by atoms with van der Waals surface area (Å²) in [5.74, 6) is 0.928. The van der Waals surface area contributed by atoms with E-state index in [1.165, 1.54) is 16.1 Å². The zero-order chi connectivity index (χ0) is 17.5. The van der Waals surface area contributed by atoms with E-state index in [4.69, 9.17) is 4.99 Å². The van der Waals surface area contributed by atoms with Gasteiger partial charge < -0.3 is 15.5 Å². The van der Waals surface area contributed by atoms with Gasteiger partial charge in [-0.25, -0.2) is 4.99 Å². The molecule has 4 nitrogen and oxygen atoms in total. The fraction of sp³-hybridized carbons (Fsp3) is 0.450. The molecular weight excluding hydrogens is 455 g/mol. The van der Waals surface area contributed by atoms with Crippen molar-refractivity contribution >= 4 is 46.3 Å². The van der Waals surface area contributed by atoms with Crippen molar-refractivity contribution in [2.24, 2.45) is 4.99 Å². The number of benzene rings is 1. The molecule has 2 aromatic rings. The summed E-state index contributed by atoms with van der Waals surface area (Å²) in [5, 5.41) is 10.5. The molecule has 1 aliphatic rings. The van der Waals surface area contributed by atoms with E-state index in [1.807, 2.05) is 11.3 Å². The number of thiophene rings is 1. The standard InChI is InChI=1S/C20H28N4S.HI/c1-3-21-20(22-15-17-8-6-16(2)7-9-17)23-18-10-12-24(13-11-18)19-5-4-14-25-19;/h4-9,14,18H,3,10-13,15H2,1-2H3,(H2,21,22,23);1H. The van der Waals surface area contributed by atoms with E-state index >= 15 is 0 Å². The van der Waals surface area contributed by atoms with E-state index in [-0.39, 0.29) is 24.0 Å². The van der Waals surface area contributed by atoms with Gasteiger partial charge in [-0.1, -0.05) is 29.8 Å². The van der Waals surface area contributed by atoms with Crippen molar-refractivity contribution in [1.29, 1.82) is 0 Å². The van der Waals surface area contributed by atoms with Crippen LogP contribution in [0.5, 0.6) is 0 Å². The number of hydrogen-bond acceptors (Lipinski definition) is 3. The largest absolute Gasteiger partial charge is 0.363 e. The molecule has 1 aliphatic heterocycles. The number of anilines is 1. The van der Waals surface area contributed by atoms with Crippen molar-refractivity contribution < 1.29 is 0 Å². The number of guanidine groups is 1. The Hall–Kier alpha value is -1.28. The lowest BCUT2D eigenvalue weighted by Crippen LogP contribution is -2.48. The van der Waals surface area contributed by atoms with Crippen LogP contribution in [0.25, 0.3) is 0 Å². The lowest BCUT2D eigenvalue weighted by Gasteiger charge is -2.33. The first-order valence-electron chi connectivity index (χ1n) is 9.13. The van der Waals surface area contributed by atoms with Gasteiger partial charge >= 0.3 is 0 Å². The van der Waals surface area contributed by atoms with Gasteiger partial charge in [-0.15, -0.1) is 35.3 Å². The van der Waals surface area contributed by atoms with E-state index in [9.17, 15) is 0 Å². The Balaban J connectivity index is 0.00000243. The number of nitrogens with zero attached hydrogens (tertiary/aromatic N) is 2. The monoisotopic (exact) mass is 484 g/mol. The minimum absolute atomic E-state index is 0. The normalized spacial score (nSPS) is 15.5. The minimum atomic E-state index is 0. The maximum Gasteiger partial charge on any atom is 0.191 e. The SMILES string of the molecule is CCNC(=NCc1ccc(C)cc1)NC1CCN(c2cccs2)CC1.I. The molecule has 0 spiro atoms. The van der Waals surface area contributed by atoms with Crippen molar-refractivity contribution in [2.75, 3.05) is 24.5 Å². The first kappa shape index (κ1) is 21.0. The highest BCUT2D eigenvalue weighted by molar-refractivity contribution is 14.0. The van der Waals surface area contributed by atoms with Gasteiger partial charge in [0.25, 0.3) is 0 Å². The number of piperidine rings is 1. The molecule has 1 saturated heterocycles. The molecule has 142 valence electrons. The highest BCUT2D eigenvalue weighted by Gasteiger charge is 2.20. The number of aryl methyl sites for hydroxylation is 1. The zero-order valence-electron chi connectivity index (χ0n) is 15.6. The molecule has 0 unspecified atom stereocenters. The lowest BCUT2D eigenvalue weighted by atomic mass is 10.1. The fourth-order valence-electron chi connectivity index (χ4n) is 3.07. The van der Waals surface area contributed by atoms with Gasteiger partial charge in [0.05, 0.1) is 11.5 Å². The Morgan fingerprint density at radius 2 is 1.92 bits per heavy atom. The smallest absolute Gasteiger partial charge is 0.191 e. The van der Waals surface area contributed by atoms with E-state index in [2.05, 4.69) is 71.2 Å². The molecular formula is C20H29IN4S. The molecule has 1 fully saturated rings. The third-order valence-corrected chi connectivity index (χ3v) is 5.47. The Morgan fingerprint density at radius 1 is 1.19 bits per heavy atom. The summed E-state index contributed by atoms with van der Waals surface area (Å²) in [4.78, 5) is 7.24. The third kappa shape index (κ3) is 6.16. The number of hydrogen-bond donors (Lipinski definition) is 2. The number of halogens is 1. The van der Waals surface area contributed by atoms with Crippen molar-refractivity contribution in [3.8, 4) is 0 Å². The second-order valence-electron chi connectivity index (χ2n) is 6.54. The maximum atomic E-state index is 4.76. The van der Waals surface area contributed by atoms with Crippen molar-refractivity contribution in [3.63, 3.8) is 0 Å². The molecule has 0 bridgehead atoms. The Kier molecular flexibility index (Phi) is 8.71. The molecule has 1 aromatic carbocycles. The topological polar surface area (TPSA) is 39.7 Å². The van der Waals surface area contributed by atoms with Crippen LogP contribution in [-0.4, -0.2) is 31.6 Å². The molecule has 3 rings (SSSR count). The third-order valence-electron chi connectivity index (χ3n) is 4.54. The average Bonchev–Trinajstić information content (AvgIpc) is 3.16. The van der Waals surface area contributed by atoms with Crippen LogP contribution in [0.15, 0.2) is 46.8 Å². The molecule has 1 aromatic heterocycles. The van der Waals surface area contributed by atoms with Crippen LogP contribution in [0, 0.1) is 6.92 Å². The van der Waals surface area contributed by atoms with E-state index in [1.54, 1.807) is 0 Å². The Labute approximate surface area is 178 Å². The van der Waals surface area contributed by atoms with Crippen LogP contribution in [-0.2, 0) is 6.54 Å². The molecule has 6 heteroatoms. The van der Waals surface area contributed by atoms with Gasteiger partial charge in [0.1, 0.15) is 0 Å². The van der Waals surface area contributed by atoms with E-state index < -0.39 is 0 Å². The molecule has 0 amide bonds. The minimum Gasteiger partial charge on any atom is -0.363 e. The summed E-state index contributed by atoms with van der Waals surface area (Å²) in [6, 6.07) is 13.4. The quantitative estimate of drug-likeness (QED) is 0.376. The van der Waals surface area contributed by atoms with Gasteiger partial charge in [-0.2, -0.15) is 0 Å². The lowest BCUT2D eigenvalue weighted by molar-refractivity contribution is 0.463. The average molecular weight is 484 g/mol. The van der Waals surface area contributed by atoms with Crippen LogP contribution in [0.4, 0.5) is 5.00 Å². The Bertz CT molecular complexity index is 662. The molecule has 0 saturated carbocycles. The number of nitrogens with one attached hydrogen (secondary N) is 2. The Morgan fingerprint density at radius 3 is 2.54 bits per heavy atom. The van der Waals surface area contributed by atoms with Gasteiger partial charge in [0, 0.05) is 25.7 Å². The molecule has 0 radical (unpaired) electrons. The summed E-state index contributed by atoms with van der Waals surface area (Å²) >= 11 is 1.83. The highest BCUT2D eigenvalue weighted by Crippen LogP contribution is 2.24. The first-order chi connectivity index (χ1) is 12.2. The van der Waals surface area contributed by atoms with Gasteiger partial charge in [0.15, 0.2) is 5.96 Å².